The highest BCUT2D eigenvalue weighted by Gasteiger charge is 2.19. The molecule has 0 saturated carbocycles. The van der Waals surface area contributed by atoms with Gasteiger partial charge in [0.1, 0.15) is 6.10 Å². The van der Waals surface area contributed by atoms with E-state index in [-0.39, 0.29) is 12.4 Å². The van der Waals surface area contributed by atoms with Crippen LogP contribution in [0.4, 0.5) is 0 Å². The first-order chi connectivity index (χ1) is 16.3. The summed E-state index contributed by atoms with van der Waals surface area (Å²) in [5.41, 5.74) is 0. The van der Waals surface area contributed by atoms with E-state index in [0.717, 1.165) is 45.3 Å². The SMILES string of the molecule is CCCCCCCCCCCCCCCCOC[C@H](COC1CCCCO1)OC(=S)CCC. The summed E-state index contributed by atoms with van der Waals surface area (Å²) in [6.45, 7) is 7.00. The Morgan fingerprint density at radius 2 is 1.39 bits per heavy atom. The highest BCUT2D eigenvalue weighted by molar-refractivity contribution is 7.80. The third-order valence-corrected chi connectivity index (χ3v) is 6.60. The monoisotopic (exact) mass is 486 g/mol. The Hall–Kier alpha value is -0.230. The van der Waals surface area contributed by atoms with Crippen LogP contribution in [0.3, 0.4) is 0 Å². The number of hydrogen-bond donors (Lipinski definition) is 0. The van der Waals surface area contributed by atoms with Gasteiger partial charge in [0.15, 0.2) is 11.3 Å². The van der Waals surface area contributed by atoms with Gasteiger partial charge in [0.05, 0.1) is 13.2 Å². The fourth-order valence-electron chi connectivity index (χ4n) is 4.24. The largest absolute Gasteiger partial charge is 0.479 e. The van der Waals surface area contributed by atoms with Gasteiger partial charge in [0, 0.05) is 19.6 Å². The van der Waals surface area contributed by atoms with E-state index in [1.807, 2.05) is 0 Å². The molecule has 1 saturated heterocycles. The molecule has 0 amide bonds. The Balaban J connectivity index is 1.97. The maximum atomic E-state index is 5.93. The van der Waals surface area contributed by atoms with Crippen molar-refractivity contribution in [2.75, 3.05) is 26.4 Å². The molecule has 4 nitrogen and oxygen atoms in total. The molecule has 0 aromatic rings. The van der Waals surface area contributed by atoms with Crippen LogP contribution in [0.2, 0.25) is 0 Å². The maximum Gasteiger partial charge on any atom is 0.160 e. The lowest BCUT2D eigenvalue weighted by atomic mass is 10.0. The molecule has 0 N–H and O–H groups in total. The van der Waals surface area contributed by atoms with Gasteiger partial charge in [0.25, 0.3) is 0 Å². The molecule has 0 aliphatic carbocycles. The second kappa shape index (κ2) is 23.5. The van der Waals surface area contributed by atoms with Gasteiger partial charge in [-0.3, -0.25) is 0 Å². The van der Waals surface area contributed by atoms with Crippen LogP contribution >= 0.6 is 12.2 Å². The van der Waals surface area contributed by atoms with Gasteiger partial charge >= 0.3 is 0 Å². The lowest BCUT2D eigenvalue weighted by Gasteiger charge is -2.26. The van der Waals surface area contributed by atoms with Crippen molar-refractivity contribution in [1.29, 1.82) is 0 Å². The molecule has 1 rings (SSSR count). The number of rotatable bonds is 23. The van der Waals surface area contributed by atoms with E-state index in [2.05, 4.69) is 13.8 Å². The molecule has 1 unspecified atom stereocenters. The Labute approximate surface area is 210 Å². The average Bonchev–Trinajstić information content (AvgIpc) is 2.83. The van der Waals surface area contributed by atoms with Crippen LogP contribution in [0.15, 0.2) is 0 Å². The molecule has 0 radical (unpaired) electrons. The highest BCUT2D eigenvalue weighted by Crippen LogP contribution is 2.15. The Kier molecular flexibility index (Phi) is 21.9. The molecule has 0 aromatic carbocycles. The number of ether oxygens (including phenoxy) is 4. The molecule has 1 heterocycles. The Bertz CT molecular complexity index is 426. The van der Waals surface area contributed by atoms with Crippen LogP contribution in [-0.4, -0.2) is 43.9 Å². The minimum absolute atomic E-state index is 0.101. The van der Waals surface area contributed by atoms with E-state index in [0.29, 0.717) is 18.3 Å². The summed E-state index contributed by atoms with van der Waals surface area (Å²) in [5, 5.41) is 0.663. The van der Waals surface area contributed by atoms with Gasteiger partial charge in [-0.1, -0.05) is 97.3 Å². The fraction of sp³-hybridized carbons (Fsp3) is 0.964. The first kappa shape index (κ1) is 30.8. The summed E-state index contributed by atoms with van der Waals surface area (Å²) >= 11 is 5.35. The fourth-order valence-corrected chi connectivity index (χ4v) is 4.58. The summed E-state index contributed by atoms with van der Waals surface area (Å²) < 4.78 is 23.4. The molecule has 33 heavy (non-hydrogen) atoms. The second-order valence-electron chi connectivity index (χ2n) is 9.66. The zero-order valence-corrected chi connectivity index (χ0v) is 22.8. The zero-order valence-electron chi connectivity index (χ0n) is 22.0. The normalized spacial score (nSPS) is 17.2. The van der Waals surface area contributed by atoms with Crippen molar-refractivity contribution in [1.82, 2.24) is 0 Å². The molecular weight excluding hydrogens is 432 g/mol. The molecule has 196 valence electrons. The van der Waals surface area contributed by atoms with Crippen molar-refractivity contribution in [3.05, 3.63) is 0 Å². The molecule has 1 aliphatic rings. The molecule has 0 aromatic heterocycles. The highest BCUT2D eigenvalue weighted by atomic mass is 32.1. The number of unbranched alkanes of at least 4 members (excludes halogenated alkanes) is 13. The number of hydrogen-bond acceptors (Lipinski definition) is 5. The van der Waals surface area contributed by atoms with Crippen molar-refractivity contribution in [3.63, 3.8) is 0 Å². The smallest absolute Gasteiger partial charge is 0.160 e. The first-order valence-corrected chi connectivity index (χ1v) is 14.7. The van der Waals surface area contributed by atoms with Crippen molar-refractivity contribution in [2.45, 2.75) is 148 Å². The minimum Gasteiger partial charge on any atom is -0.479 e. The summed E-state index contributed by atoms with van der Waals surface area (Å²) in [5.74, 6) is 0. The van der Waals surface area contributed by atoms with E-state index in [9.17, 15) is 0 Å². The summed E-state index contributed by atoms with van der Waals surface area (Å²) in [7, 11) is 0. The molecule has 5 heteroatoms. The predicted molar refractivity (Wildman–Crippen MR) is 143 cm³/mol. The Morgan fingerprint density at radius 3 is 1.94 bits per heavy atom. The van der Waals surface area contributed by atoms with E-state index >= 15 is 0 Å². The molecule has 0 spiro atoms. The van der Waals surface area contributed by atoms with Gasteiger partial charge < -0.3 is 18.9 Å². The van der Waals surface area contributed by atoms with Crippen LogP contribution in [0.1, 0.15) is 136 Å². The second-order valence-corrected chi connectivity index (χ2v) is 10.1. The molecule has 1 fully saturated rings. The molecule has 1 aliphatic heterocycles. The van der Waals surface area contributed by atoms with Crippen LogP contribution < -0.4 is 0 Å². The van der Waals surface area contributed by atoms with Gasteiger partial charge in [0.2, 0.25) is 0 Å². The summed E-state index contributed by atoms with van der Waals surface area (Å²) in [4.78, 5) is 0. The van der Waals surface area contributed by atoms with Crippen molar-refractivity contribution in [3.8, 4) is 0 Å². The van der Waals surface area contributed by atoms with Gasteiger partial charge in [-0.05, 0) is 44.3 Å². The summed E-state index contributed by atoms with van der Waals surface area (Å²) in [6.07, 6.45) is 24.1. The van der Waals surface area contributed by atoms with Gasteiger partial charge in [-0.2, -0.15) is 0 Å². The van der Waals surface area contributed by atoms with Crippen molar-refractivity contribution in [2.24, 2.45) is 0 Å². The van der Waals surface area contributed by atoms with Crippen molar-refractivity contribution >= 4 is 17.3 Å². The molecule has 2 atom stereocenters. The minimum atomic E-state index is -0.138. The van der Waals surface area contributed by atoms with Gasteiger partial charge in [-0.25, -0.2) is 0 Å². The zero-order chi connectivity index (χ0) is 23.8. The maximum absolute atomic E-state index is 5.93. The van der Waals surface area contributed by atoms with E-state index in [1.165, 1.54) is 89.9 Å². The van der Waals surface area contributed by atoms with Crippen LogP contribution in [0.25, 0.3) is 0 Å². The number of thiocarbonyl (C=S) groups is 1. The van der Waals surface area contributed by atoms with Crippen LogP contribution in [0.5, 0.6) is 0 Å². The topological polar surface area (TPSA) is 36.9 Å². The van der Waals surface area contributed by atoms with E-state index in [1.54, 1.807) is 0 Å². The van der Waals surface area contributed by atoms with E-state index in [4.69, 9.17) is 31.2 Å². The molecule has 0 bridgehead atoms. The third kappa shape index (κ3) is 19.7. The average molecular weight is 487 g/mol. The third-order valence-electron chi connectivity index (χ3n) is 6.30. The lowest BCUT2D eigenvalue weighted by Crippen LogP contribution is -2.32. The lowest BCUT2D eigenvalue weighted by molar-refractivity contribution is -0.177. The van der Waals surface area contributed by atoms with Crippen molar-refractivity contribution < 1.29 is 18.9 Å². The quantitative estimate of drug-likeness (QED) is 0.107. The standard InChI is InChI=1S/C28H54O4S/c1-3-5-6-7-8-9-10-11-12-13-14-15-16-18-22-29-24-26(32-28(33)20-4-2)25-31-27-21-17-19-23-30-27/h26-27H,3-25H2,1-2H3/t26-,27?/m1/s1. The van der Waals surface area contributed by atoms with Crippen LogP contribution in [0, 0.1) is 0 Å². The summed E-state index contributed by atoms with van der Waals surface area (Å²) in [6, 6.07) is 0. The molecular formula is C28H54O4S. The van der Waals surface area contributed by atoms with E-state index < -0.39 is 0 Å². The Morgan fingerprint density at radius 1 is 0.788 bits per heavy atom. The first-order valence-electron chi connectivity index (χ1n) is 14.3. The van der Waals surface area contributed by atoms with Gasteiger partial charge in [-0.15, -0.1) is 0 Å². The van der Waals surface area contributed by atoms with Crippen LogP contribution in [-0.2, 0) is 18.9 Å². The predicted octanol–water partition coefficient (Wildman–Crippen LogP) is 8.54.